The molecule has 0 amide bonds. The number of hydrogen-bond donors (Lipinski definition) is 0. The van der Waals surface area contributed by atoms with Crippen LogP contribution in [0.25, 0.3) is 0 Å². The number of esters is 1. The van der Waals surface area contributed by atoms with Crippen LogP contribution in [0.1, 0.15) is 12.5 Å². The number of halogens is 1. The van der Waals surface area contributed by atoms with E-state index in [1.165, 1.54) is 13.1 Å². The third-order valence-corrected chi connectivity index (χ3v) is 4.93. The molecule has 0 spiro atoms. The van der Waals surface area contributed by atoms with Crippen molar-refractivity contribution in [3.63, 3.8) is 0 Å². The Morgan fingerprint density at radius 3 is 2.63 bits per heavy atom. The maximum absolute atomic E-state index is 12.3. The summed E-state index contributed by atoms with van der Waals surface area (Å²) in [6.07, 6.45) is 0. The van der Waals surface area contributed by atoms with E-state index in [1.807, 2.05) is 0 Å². The Hall–Kier alpha value is -0.920. The lowest BCUT2D eigenvalue weighted by Crippen LogP contribution is -2.33. The zero-order chi connectivity index (χ0) is 14.6. The van der Waals surface area contributed by atoms with Crippen molar-refractivity contribution >= 4 is 31.9 Å². The lowest BCUT2D eigenvalue weighted by Gasteiger charge is -2.17. The molecule has 1 rings (SSSR count). The largest absolute Gasteiger partial charge is 0.465 e. The van der Waals surface area contributed by atoms with Crippen molar-refractivity contribution in [2.45, 2.75) is 18.7 Å². The number of sulfonamides is 1. The average molecular weight is 350 g/mol. The van der Waals surface area contributed by atoms with Crippen molar-refractivity contribution in [1.82, 2.24) is 4.31 Å². The first-order chi connectivity index (χ1) is 8.78. The highest BCUT2D eigenvalue weighted by atomic mass is 79.9. The first-order valence-corrected chi connectivity index (χ1v) is 7.90. The van der Waals surface area contributed by atoms with E-state index in [2.05, 4.69) is 15.9 Å². The summed E-state index contributed by atoms with van der Waals surface area (Å²) in [5, 5.41) is 0. The Bertz CT molecular complexity index is 571. The molecule has 19 heavy (non-hydrogen) atoms. The highest BCUT2D eigenvalue weighted by molar-refractivity contribution is 9.10. The third kappa shape index (κ3) is 4.02. The highest BCUT2D eigenvalue weighted by Gasteiger charge is 2.25. The van der Waals surface area contributed by atoms with Gasteiger partial charge in [0.15, 0.2) is 0 Å². The molecule has 0 aliphatic carbocycles. The Labute approximate surface area is 121 Å². The molecule has 0 aromatic heterocycles. The Morgan fingerprint density at radius 2 is 2.05 bits per heavy atom. The quantitative estimate of drug-likeness (QED) is 0.762. The van der Waals surface area contributed by atoms with Gasteiger partial charge in [-0.25, -0.2) is 8.42 Å². The van der Waals surface area contributed by atoms with Crippen molar-refractivity contribution in [1.29, 1.82) is 0 Å². The zero-order valence-electron chi connectivity index (χ0n) is 11.0. The topological polar surface area (TPSA) is 63.7 Å². The minimum Gasteiger partial charge on any atom is -0.465 e. The maximum atomic E-state index is 12.3. The Balaban J connectivity index is 3.03. The molecular weight excluding hydrogens is 334 g/mol. The Kier molecular flexibility index (Phi) is 5.51. The predicted octanol–water partition coefficient (Wildman–Crippen LogP) is 1.94. The summed E-state index contributed by atoms with van der Waals surface area (Å²) in [5.41, 5.74) is 0.624. The molecular formula is C12H16BrNO4S. The maximum Gasteiger partial charge on any atom is 0.321 e. The van der Waals surface area contributed by atoms with Crippen LogP contribution in [0.4, 0.5) is 0 Å². The van der Waals surface area contributed by atoms with Gasteiger partial charge in [0.25, 0.3) is 0 Å². The van der Waals surface area contributed by atoms with Crippen molar-refractivity contribution in [3.8, 4) is 0 Å². The molecule has 1 aromatic carbocycles. The molecule has 0 N–H and O–H groups in total. The number of benzene rings is 1. The molecule has 0 aliphatic rings. The van der Waals surface area contributed by atoms with E-state index in [1.54, 1.807) is 26.0 Å². The number of hydrogen-bond acceptors (Lipinski definition) is 4. The highest BCUT2D eigenvalue weighted by Crippen LogP contribution is 2.23. The summed E-state index contributed by atoms with van der Waals surface area (Å²) in [5.74, 6) is -0.568. The molecule has 0 unspecified atom stereocenters. The minimum atomic E-state index is -3.70. The van der Waals surface area contributed by atoms with Gasteiger partial charge in [0.05, 0.1) is 11.5 Å². The van der Waals surface area contributed by atoms with Gasteiger partial charge in [-0.3, -0.25) is 4.79 Å². The molecule has 0 fully saturated rings. The van der Waals surface area contributed by atoms with Crippen LogP contribution >= 0.6 is 15.9 Å². The van der Waals surface area contributed by atoms with Crippen molar-refractivity contribution in [2.75, 3.05) is 20.2 Å². The van der Waals surface area contributed by atoms with Gasteiger partial charge < -0.3 is 4.74 Å². The van der Waals surface area contributed by atoms with Gasteiger partial charge in [-0.15, -0.1) is 0 Å². The molecule has 0 radical (unpaired) electrons. The SMILES string of the molecule is CCOC(=O)CN(C)S(=O)(=O)c1cc(Br)ccc1C. The first kappa shape index (κ1) is 16.1. The molecule has 5 nitrogen and oxygen atoms in total. The van der Waals surface area contributed by atoms with Crippen LogP contribution in [0.2, 0.25) is 0 Å². The van der Waals surface area contributed by atoms with Crippen LogP contribution in [-0.2, 0) is 19.6 Å². The van der Waals surface area contributed by atoms with E-state index >= 15 is 0 Å². The second-order valence-corrected chi connectivity index (χ2v) is 6.90. The number of ether oxygens (including phenoxy) is 1. The number of nitrogens with zero attached hydrogens (tertiary/aromatic N) is 1. The van der Waals surface area contributed by atoms with Crippen molar-refractivity contribution in [3.05, 3.63) is 28.2 Å². The summed E-state index contributed by atoms with van der Waals surface area (Å²) in [7, 11) is -2.35. The fraction of sp³-hybridized carbons (Fsp3) is 0.417. The van der Waals surface area contributed by atoms with Crippen LogP contribution in [0.5, 0.6) is 0 Å². The molecule has 1 aromatic rings. The minimum absolute atomic E-state index is 0.175. The summed E-state index contributed by atoms with van der Waals surface area (Å²) >= 11 is 3.24. The number of likely N-dealkylation sites (N-methyl/N-ethyl adjacent to an activating group) is 1. The molecule has 0 atom stereocenters. The molecule has 0 saturated carbocycles. The molecule has 0 heterocycles. The molecule has 106 valence electrons. The van der Waals surface area contributed by atoms with Gasteiger partial charge in [-0.1, -0.05) is 22.0 Å². The summed E-state index contributed by atoms with van der Waals surface area (Å²) < 4.78 is 31.1. The Morgan fingerprint density at radius 1 is 1.42 bits per heavy atom. The van der Waals surface area contributed by atoms with E-state index in [9.17, 15) is 13.2 Å². The second-order valence-electron chi connectivity index (χ2n) is 3.98. The summed E-state index contributed by atoms with van der Waals surface area (Å²) in [4.78, 5) is 11.5. The van der Waals surface area contributed by atoms with Gasteiger partial charge in [-0.2, -0.15) is 4.31 Å². The fourth-order valence-electron chi connectivity index (χ4n) is 1.49. The summed E-state index contributed by atoms with van der Waals surface area (Å²) in [6, 6.07) is 4.99. The van der Waals surface area contributed by atoms with Crippen LogP contribution in [0.15, 0.2) is 27.6 Å². The zero-order valence-corrected chi connectivity index (χ0v) is 13.4. The number of carbonyl (C=O) groups is 1. The van der Waals surface area contributed by atoms with E-state index in [4.69, 9.17) is 4.74 Å². The number of rotatable bonds is 5. The van der Waals surface area contributed by atoms with Gasteiger partial charge in [0.2, 0.25) is 10.0 Å². The standard InChI is InChI=1S/C12H16BrNO4S/c1-4-18-12(15)8-14(3)19(16,17)11-7-10(13)6-5-9(11)2/h5-7H,4,8H2,1-3H3. The predicted molar refractivity (Wildman–Crippen MR) is 75.3 cm³/mol. The average Bonchev–Trinajstić information content (AvgIpc) is 2.32. The smallest absolute Gasteiger partial charge is 0.321 e. The van der Waals surface area contributed by atoms with E-state index in [0.717, 1.165) is 4.31 Å². The van der Waals surface area contributed by atoms with Crippen LogP contribution in [-0.4, -0.2) is 38.9 Å². The van der Waals surface area contributed by atoms with Crippen LogP contribution in [0.3, 0.4) is 0 Å². The van der Waals surface area contributed by atoms with E-state index in [-0.39, 0.29) is 18.0 Å². The second kappa shape index (κ2) is 6.49. The third-order valence-electron chi connectivity index (χ3n) is 2.50. The lowest BCUT2D eigenvalue weighted by atomic mass is 10.2. The van der Waals surface area contributed by atoms with Crippen LogP contribution < -0.4 is 0 Å². The normalized spacial score (nSPS) is 11.6. The fourth-order valence-corrected chi connectivity index (χ4v) is 3.37. The first-order valence-electron chi connectivity index (χ1n) is 5.67. The summed E-state index contributed by atoms with van der Waals surface area (Å²) in [6.45, 7) is 3.30. The van der Waals surface area contributed by atoms with Gasteiger partial charge in [0, 0.05) is 11.5 Å². The molecule has 0 saturated heterocycles. The van der Waals surface area contributed by atoms with Gasteiger partial charge >= 0.3 is 5.97 Å². The molecule has 0 bridgehead atoms. The van der Waals surface area contributed by atoms with Gasteiger partial charge in [0.1, 0.15) is 6.54 Å². The monoisotopic (exact) mass is 349 g/mol. The molecule has 0 aliphatic heterocycles. The van der Waals surface area contributed by atoms with Crippen molar-refractivity contribution < 1.29 is 17.9 Å². The molecule has 7 heteroatoms. The van der Waals surface area contributed by atoms with E-state index in [0.29, 0.717) is 10.0 Å². The number of carbonyl (C=O) groups excluding carboxylic acids is 1. The lowest BCUT2D eigenvalue weighted by molar-refractivity contribution is -0.143. The number of aryl methyl sites for hydroxylation is 1. The van der Waals surface area contributed by atoms with Crippen molar-refractivity contribution in [2.24, 2.45) is 0 Å². The van der Waals surface area contributed by atoms with Gasteiger partial charge in [-0.05, 0) is 31.5 Å². The van der Waals surface area contributed by atoms with E-state index < -0.39 is 16.0 Å². The van der Waals surface area contributed by atoms with Crippen LogP contribution in [0, 0.1) is 6.92 Å².